The number of hydrogen-bond acceptors (Lipinski definition) is 5. The number of ether oxygens (including phenoxy) is 1. The first-order valence-electron chi connectivity index (χ1n) is 7.91. The average Bonchev–Trinajstić information content (AvgIpc) is 3.01. The number of oxazole rings is 1. The summed E-state index contributed by atoms with van der Waals surface area (Å²) in [7, 11) is -0.492. The number of hydrogen-bond donors (Lipinski definition) is 0. The van der Waals surface area contributed by atoms with Gasteiger partial charge in [-0.1, -0.05) is 39.0 Å². The lowest BCUT2D eigenvalue weighted by atomic mass is 10.1. The van der Waals surface area contributed by atoms with Gasteiger partial charge in [0.25, 0.3) is 0 Å². The highest BCUT2D eigenvalue weighted by Gasteiger charge is 2.37. The predicted octanol–water partition coefficient (Wildman–Crippen LogP) is 4.65. The monoisotopic (exact) mass is 347 g/mol. The van der Waals surface area contributed by atoms with Gasteiger partial charge in [0, 0.05) is 5.56 Å². The van der Waals surface area contributed by atoms with Gasteiger partial charge >= 0.3 is 5.97 Å². The first-order valence-corrected chi connectivity index (χ1v) is 10.8. The molecule has 0 saturated heterocycles. The molecule has 24 heavy (non-hydrogen) atoms. The van der Waals surface area contributed by atoms with Crippen LogP contribution >= 0.6 is 0 Å². The second kappa shape index (κ2) is 6.90. The van der Waals surface area contributed by atoms with Crippen LogP contribution in [-0.4, -0.2) is 26.4 Å². The molecule has 0 aliphatic carbocycles. The molecule has 0 radical (unpaired) electrons. The van der Waals surface area contributed by atoms with Crippen molar-refractivity contribution < 1.29 is 18.4 Å². The molecule has 1 heterocycles. The van der Waals surface area contributed by atoms with Crippen molar-refractivity contribution in [3.05, 3.63) is 41.9 Å². The lowest BCUT2D eigenvalue weighted by Crippen LogP contribution is -2.40. The summed E-state index contributed by atoms with van der Waals surface area (Å²) in [5.41, 5.74) is 1.99. The third kappa shape index (κ3) is 3.94. The van der Waals surface area contributed by atoms with Gasteiger partial charge in [-0.2, -0.15) is 0 Å². The number of carbonyl (C=O) groups is 1. The van der Waals surface area contributed by atoms with Gasteiger partial charge in [0.2, 0.25) is 0 Å². The molecule has 0 unspecified atom stereocenters. The number of methoxy groups -OCH3 is 1. The highest BCUT2D eigenvalue weighted by Crippen LogP contribution is 2.37. The van der Waals surface area contributed by atoms with E-state index < -0.39 is 14.3 Å². The second-order valence-corrected chi connectivity index (χ2v) is 12.1. The van der Waals surface area contributed by atoms with E-state index in [1.54, 1.807) is 0 Å². The molecule has 0 saturated carbocycles. The first kappa shape index (κ1) is 18.4. The molecule has 0 aliphatic heterocycles. The summed E-state index contributed by atoms with van der Waals surface area (Å²) < 4.78 is 16.4. The Morgan fingerprint density at radius 1 is 1.29 bits per heavy atom. The third-order valence-corrected chi connectivity index (χ3v) is 9.02. The molecule has 0 fully saturated rings. The summed E-state index contributed by atoms with van der Waals surface area (Å²) in [5, 5.41) is 0.160. The van der Waals surface area contributed by atoms with E-state index in [2.05, 4.69) is 38.8 Å². The zero-order chi connectivity index (χ0) is 18.0. The van der Waals surface area contributed by atoms with Crippen molar-refractivity contribution in [3.63, 3.8) is 0 Å². The molecule has 5 nitrogen and oxygen atoms in total. The smallest absolute Gasteiger partial charge is 0.360 e. The van der Waals surface area contributed by atoms with E-state index in [-0.39, 0.29) is 10.7 Å². The van der Waals surface area contributed by atoms with Gasteiger partial charge in [-0.05, 0) is 29.8 Å². The highest BCUT2D eigenvalue weighted by molar-refractivity contribution is 6.74. The Bertz CT molecular complexity index is 716. The minimum Gasteiger partial charge on any atom is -0.464 e. The minimum atomic E-state index is -1.82. The van der Waals surface area contributed by atoms with Crippen LogP contribution < -0.4 is 0 Å². The molecular weight excluding hydrogens is 322 g/mol. The molecule has 0 atom stereocenters. The van der Waals surface area contributed by atoms with Gasteiger partial charge < -0.3 is 13.6 Å². The Kier molecular flexibility index (Phi) is 5.30. The van der Waals surface area contributed by atoms with Crippen molar-refractivity contribution in [2.24, 2.45) is 0 Å². The van der Waals surface area contributed by atoms with Crippen molar-refractivity contribution >= 4 is 14.3 Å². The van der Waals surface area contributed by atoms with E-state index in [1.807, 2.05) is 24.3 Å². The molecule has 130 valence electrons. The fourth-order valence-corrected chi connectivity index (χ4v) is 2.94. The van der Waals surface area contributed by atoms with E-state index in [0.717, 1.165) is 11.1 Å². The Labute approximate surface area is 144 Å². The Morgan fingerprint density at radius 3 is 2.62 bits per heavy atom. The first-order chi connectivity index (χ1) is 11.2. The number of carbonyl (C=O) groups excluding carboxylic acids is 1. The zero-order valence-corrected chi connectivity index (χ0v) is 16.2. The largest absolute Gasteiger partial charge is 0.464 e. The predicted molar refractivity (Wildman–Crippen MR) is 95.3 cm³/mol. The van der Waals surface area contributed by atoms with E-state index in [1.165, 1.54) is 13.5 Å². The summed E-state index contributed by atoms with van der Waals surface area (Å²) in [5.74, 6) is -0.0993. The van der Waals surface area contributed by atoms with Crippen LogP contribution in [0.3, 0.4) is 0 Å². The van der Waals surface area contributed by atoms with E-state index in [9.17, 15) is 4.79 Å². The summed E-state index contributed by atoms with van der Waals surface area (Å²) >= 11 is 0. The van der Waals surface area contributed by atoms with Gasteiger partial charge in [0.15, 0.2) is 26.2 Å². The molecule has 6 heteroatoms. The summed E-state index contributed by atoms with van der Waals surface area (Å²) in [6, 6.07) is 7.76. The van der Waals surface area contributed by atoms with Crippen molar-refractivity contribution in [2.45, 2.75) is 45.5 Å². The molecule has 0 spiro atoms. The lowest BCUT2D eigenvalue weighted by molar-refractivity contribution is 0.0595. The van der Waals surface area contributed by atoms with Crippen LogP contribution in [0.4, 0.5) is 0 Å². The van der Waals surface area contributed by atoms with Crippen molar-refractivity contribution in [2.75, 3.05) is 7.11 Å². The number of esters is 1. The molecule has 2 rings (SSSR count). The fourth-order valence-electron chi connectivity index (χ4n) is 1.98. The van der Waals surface area contributed by atoms with Gasteiger partial charge in [-0.3, -0.25) is 0 Å². The second-order valence-electron chi connectivity index (χ2n) is 7.27. The number of rotatable bonds is 5. The topological polar surface area (TPSA) is 61.6 Å². The quantitative estimate of drug-likeness (QED) is 0.582. The molecule has 0 amide bonds. The normalized spacial score (nSPS) is 12.2. The van der Waals surface area contributed by atoms with Gasteiger partial charge in [-0.15, -0.1) is 0 Å². The Balaban J connectivity index is 2.22. The standard InChI is InChI=1S/C18H25NO4Si/c1-18(2,3)24(5,6)23-11-13-8-7-9-14(10-13)16-15(17(20)21-4)19-12-22-16/h7-10,12H,11H2,1-6H3. The van der Waals surface area contributed by atoms with E-state index in [0.29, 0.717) is 12.4 Å². The molecule has 0 bridgehead atoms. The van der Waals surface area contributed by atoms with E-state index >= 15 is 0 Å². The maximum absolute atomic E-state index is 11.8. The van der Waals surface area contributed by atoms with Crippen LogP contribution in [-0.2, 0) is 15.8 Å². The number of aromatic nitrogens is 1. The van der Waals surface area contributed by atoms with Gasteiger partial charge in [-0.25, -0.2) is 9.78 Å². The number of benzene rings is 1. The van der Waals surface area contributed by atoms with Gasteiger partial charge in [0.1, 0.15) is 0 Å². The maximum atomic E-state index is 11.8. The Hall–Kier alpha value is -1.92. The average molecular weight is 347 g/mol. The van der Waals surface area contributed by atoms with Crippen LogP contribution in [0, 0.1) is 0 Å². The lowest BCUT2D eigenvalue weighted by Gasteiger charge is -2.36. The summed E-state index contributed by atoms with van der Waals surface area (Å²) in [4.78, 5) is 15.7. The highest BCUT2D eigenvalue weighted by atomic mass is 28.4. The summed E-state index contributed by atoms with van der Waals surface area (Å²) in [6.07, 6.45) is 1.25. The van der Waals surface area contributed by atoms with Crippen LogP contribution in [0.2, 0.25) is 18.1 Å². The fraction of sp³-hybridized carbons (Fsp3) is 0.444. The van der Waals surface area contributed by atoms with Crippen molar-refractivity contribution in [1.82, 2.24) is 4.98 Å². The van der Waals surface area contributed by atoms with E-state index in [4.69, 9.17) is 13.6 Å². The zero-order valence-electron chi connectivity index (χ0n) is 15.2. The van der Waals surface area contributed by atoms with Gasteiger partial charge in [0.05, 0.1) is 13.7 Å². The molecule has 0 aliphatic rings. The van der Waals surface area contributed by atoms with Crippen LogP contribution in [0.1, 0.15) is 36.8 Å². The maximum Gasteiger partial charge on any atom is 0.360 e. The van der Waals surface area contributed by atoms with Crippen molar-refractivity contribution in [1.29, 1.82) is 0 Å². The number of nitrogens with zero attached hydrogens (tertiary/aromatic N) is 1. The molecule has 1 aromatic carbocycles. The summed E-state index contributed by atoms with van der Waals surface area (Å²) in [6.45, 7) is 11.6. The SMILES string of the molecule is COC(=O)c1ncoc1-c1cccc(CO[Si](C)(C)C(C)(C)C)c1. The minimum absolute atomic E-state index is 0.160. The Morgan fingerprint density at radius 2 is 2.00 bits per heavy atom. The third-order valence-electron chi connectivity index (χ3n) is 4.54. The molecule has 1 aromatic heterocycles. The molecule has 0 N–H and O–H groups in total. The van der Waals surface area contributed by atoms with Crippen LogP contribution in [0.15, 0.2) is 35.1 Å². The van der Waals surface area contributed by atoms with Crippen molar-refractivity contribution in [3.8, 4) is 11.3 Å². The van der Waals surface area contributed by atoms with Crippen LogP contribution in [0.5, 0.6) is 0 Å². The van der Waals surface area contributed by atoms with Crippen LogP contribution in [0.25, 0.3) is 11.3 Å². The molecule has 2 aromatic rings. The molecular formula is C18H25NO4Si.